The topological polar surface area (TPSA) is 46.4 Å². The molecule has 3 rings (SSSR count). The zero-order valence-corrected chi connectivity index (χ0v) is 12.1. The second kappa shape index (κ2) is 5.75. The normalized spacial score (nSPS) is 11.0. The first-order valence-corrected chi connectivity index (χ1v) is 6.83. The van der Waals surface area contributed by atoms with Crippen LogP contribution in [0.4, 0.5) is 13.2 Å². The first-order chi connectivity index (χ1) is 11.0. The van der Waals surface area contributed by atoms with Gasteiger partial charge in [0.15, 0.2) is 17.5 Å². The van der Waals surface area contributed by atoms with Gasteiger partial charge in [-0.3, -0.25) is 4.79 Å². The third-order valence-corrected chi connectivity index (χ3v) is 3.53. The van der Waals surface area contributed by atoms with E-state index in [0.29, 0.717) is 17.4 Å². The van der Waals surface area contributed by atoms with E-state index in [1.165, 1.54) is 0 Å². The third-order valence-electron chi connectivity index (χ3n) is 3.53. The molecule has 0 aliphatic rings. The average Bonchev–Trinajstić information content (AvgIpc) is 2.86. The molecule has 2 heterocycles. The first-order valence-electron chi connectivity index (χ1n) is 6.83. The molecule has 0 unspecified atom stereocenters. The Balaban J connectivity index is 1.84. The molecular weight excluding hydrogens is 307 g/mol. The van der Waals surface area contributed by atoms with Gasteiger partial charge in [0.2, 0.25) is 0 Å². The number of pyridine rings is 1. The van der Waals surface area contributed by atoms with E-state index in [0.717, 1.165) is 11.8 Å². The zero-order valence-electron chi connectivity index (χ0n) is 12.1. The summed E-state index contributed by atoms with van der Waals surface area (Å²) in [6, 6.07) is 7.08. The van der Waals surface area contributed by atoms with Crippen molar-refractivity contribution in [3.05, 3.63) is 70.9 Å². The number of carbonyl (C=O) groups is 1. The second-order valence-electron chi connectivity index (χ2n) is 4.98. The first kappa shape index (κ1) is 15.1. The summed E-state index contributed by atoms with van der Waals surface area (Å²) >= 11 is 0. The molecule has 0 saturated carbocycles. The van der Waals surface area contributed by atoms with Crippen molar-refractivity contribution in [2.24, 2.45) is 0 Å². The summed E-state index contributed by atoms with van der Waals surface area (Å²) in [5, 5.41) is 2.49. The lowest BCUT2D eigenvalue weighted by Gasteiger charge is -2.08. The van der Waals surface area contributed by atoms with Gasteiger partial charge in [-0.05, 0) is 31.2 Å². The maximum atomic E-state index is 13.6. The van der Waals surface area contributed by atoms with Crippen molar-refractivity contribution in [1.82, 2.24) is 14.7 Å². The number of rotatable bonds is 3. The lowest BCUT2D eigenvalue weighted by atomic mass is 10.2. The molecule has 0 saturated heterocycles. The average molecular weight is 319 g/mol. The van der Waals surface area contributed by atoms with Gasteiger partial charge in [0.25, 0.3) is 5.91 Å². The van der Waals surface area contributed by atoms with Crippen molar-refractivity contribution in [1.29, 1.82) is 0 Å². The minimum Gasteiger partial charge on any atom is -0.346 e. The van der Waals surface area contributed by atoms with E-state index in [1.807, 2.05) is 18.2 Å². The molecule has 2 aromatic heterocycles. The van der Waals surface area contributed by atoms with Crippen molar-refractivity contribution < 1.29 is 18.0 Å². The number of halogens is 3. The van der Waals surface area contributed by atoms with Crippen LogP contribution in [0.5, 0.6) is 0 Å². The van der Waals surface area contributed by atoms with Crippen molar-refractivity contribution in [2.75, 3.05) is 0 Å². The van der Waals surface area contributed by atoms with E-state index in [1.54, 1.807) is 17.5 Å². The van der Waals surface area contributed by atoms with E-state index >= 15 is 0 Å². The molecule has 23 heavy (non-hydrogen) atoms. The number of aromatic nitrogens is 2. The van der Waals surface area contributed by atoms with Gasteiger partial charge in [-0.2, -0.15) is 0 Å². The summed E-state index contributed by atoms with van der Waals surface area (Å²) < 4.78 is 41.5. The molecular formula is C16H12F3N3O. The fraction of sp³-hybridized carbons (Fsp3) is 0.125. The summed E-state index contributed by atoms with van der Waals surface area (Å²) in [7, 11) is 0. The van der Waals surface area contributed by atoms with Gasteiger partial charge in [0, 0.05) is 6.20 Å². The van der Waals surface area contributed by atoms with Gasteiger partial charge in [0.05, 0.1) is 23.5 Å². The number of nitrogens with one attached hydrogen (secondary N) is 1. The van der Waals surface area contributed by atoms with Gasteiger partial charge < -0.3 is 9.72 Å². The highest BCUT2D eigenvalue weighted by Gasteiger charge is 2.19. The van der Waals surface area contributed by atoms with E-state index in [4.69, 9.17) is 0 Å². The Bertz CT molecular complexity index is 905. The number of nitrogens with zero attached hydrogens (tertiary/aromatic N) is 2. The number of imidazole rings is 1. The summed E-state index contributed by atoms with van der Waals surface area (Å²) in [6.45, 7) is 1.86. The van der Waals surface area contributed by atoms with Crippen molar-refractivity contribution in [2.45, 2.75) is 13.5 Å². The lowest BCUT2D eigenvalue weighted by molar-refractivity contribution is 0.0945. The Labute approximate surface area is 129 Å². The van der Waals surface area contributed by atoms with Crippen molar-refractivity contribution in [3.63, 3.8) is 0 Å². The van der Waals surface area contributed by atoms with Gasteiger partial charge in [-0.25, -0.2) is 18.2 Å². The van der Waals surface area contributed by atoms with Crippen molar-refractivity contribution >= 4 is 11.6 Å². The number of carbonyl (C=O) groups excluding carboxylic acids is 1. The number of amides is 1. The van der Waals surface area contributed by atoms with Crippen LogP contribution < -0.4 is 5.32 Å². The summed E-state index contributed by atoms with van der Waals surface area (Å²) in [6.07, 6.45) is 1.79. The third kappa shape index (κ3) is 2.65. The molecule has 3 aromatic rings. The van der Waals surface area contributed by atoms with E-state index in [2.05, 4.69) is 10.3 Å². The monoisotopic (exact) mass is 319 g/mol. The highest BCUT2D eigenvalue weighted by atomic mass is 19.2. The number of fused-ring (bicyclic) bond motifs is 1. The molecule has 0 fully saturated rings. The van der Waals surface area contributed by atoms with Gasteiger partial charge in [-0.15, -0.1) is 0 Å². The summed E-state index contributed by atoms with van der Waals surface area (Å²) in [5.74, 6) is -5.33. The van der Waals surface area contributed by atoms with Gasteiger partial charge >= 0.3 is 0 Å². The SMILES string of the molecule is Cc1nc2ccccn2c1CNC(=O)c1ccc(F)c(F)c1F. The van der Waals surface area contributed by atoms with Gasteiger partial charge in [-0.1, -0.05) is 6.07 Å². The van der Waals surface area contributed by atoms with Crippen LogP contribution in [-0.4, -0.2) is 15.3 Å². The van der Waals surface area contributed by atoms with Crippen LogP contribution in [0.3, 0.4) is 0 Å². The summed E-state index contributed by atoms with van der Waals surface area (Å²) in [4.78, 5) is 16.3. The van der Waals surface area contributed by atoms with Crippen LogP contribution in [0.1, 0.15) is 21.7 Å². The van der Waals surface area contributed by atoms with Crippen LogP contribution in [0.2, 0.25) is 0 Å². The Kier molecular flexibility index (Phi) is 3.77. The minimum absolute atomic E-state index is 0.0777. The van der Waals surface area contributed by atoms with Crippen LogP contribution in [0.25, 0.3) is 5.65 Å². The second-order valence-corrected chi connectivity index (χ2v) is 4.98. The molecule has 0 bridgehead atoms. The molecule has 118 valence electrons. The largest absolute Gasteiger partial charge is 0.346 e. The van der Waals surface area contributed by atoms with E-state index in [9.17, 15) is 18.0 Å². The van der Waals surface area contributed by atoms with Gasteiger partial charge in [0.1, 0.15) is 5.65 Å². The quantitative estimate of drug-likeness (QED) is 0.755. The lowest BCUT2D eigenvalue weighted by Crippen LogP contribution is -2.25. The van der Waals surface area contributed by atoms with E-state index < -0.39 is 28.9 Å². The maximum Gasteiger partial charge on any atom is 0.254 e. The molecule has 0 radical (unpaired) electrons. The molecule has 7 heteroatoms. The fourth-order valence-corrected chi connectivity index (χ4v) is 2.34. The van der Waals surface area contributed by atoms with Crippen LogP contribution in [0.15, 0.2) is 36.5 Å². The predicted octanol–water partition coefficient (Wildman–Crippen LogP) is 2.99. The van der Waals surface area contributed by atoms with Crippen LogP contribution >= 0.6 is 0 Å². The molecule has 1 amide bonds. The highest BCUT2D eigenvalue weighted by molar-refractivity contribution is 5.94. The Morgan fingerprint density at radius 2 is 1.96 bits per heavy atom. The Morgan fingerprint density at radius 1 is 1.17 bits per heavy atom. The Morgan fingerprint density at radius 3 is 2.74 bits per heavy atom. The molecule has 0 aliphatic heterocycles. The Hall–Kier alpha value is -2.83. The number of benzene rings is 1. The number of hydrogen-bond donors (Lipinski definition) is 1. The maximum absolute atomic E-state index is 13.6. The molecule has 1 aromatic carbocycles. The minimum atomic E-state index is -1.66. The highest BCUT2D eigenvalue weighted by Crippen LogP contribution is 2.16. The van der Waals surface area contributed by atoms with Crippen LogP contribution in [-0.2, 0) is 6.54 Å². The predicted molar refractivity (Wildman–Crippen MR) is 77.4 cm³/mol. The standard InChI is InChI=1S/C16H12F3N3O/c1-9-12(22-7-3-2-4-13(22)21-9)8-20-16(23)10-5-6-11(17)15(19)14(10)18/h2-7H,8H2,1H3,(H,20,23). The molecule has 0 aliphatic carbocycles. The van der Waals surface area contributed by atoms with Crippen molar-refractivity contribution in [3.8, 4) is 0 Å². The smallest absolute Gasteiger partial charge is 0.254 e. The fourth-order valence-electron chi connectivity index (χ4n) is 2.34. The number of aryl methyl sites for hydroxylation is 1. The molecule has 1 N–H and O–H groups in total. The van der Waals surface area contributed by atoms with Crippen LogP contribution in [0, 0.1) is 24.4 Å². The van der Waals surface area contributed by atoms with E-state index in [-0.39, 0.29) is 6.54 Å². The molecule has 0 atom stereocenters. The zero-order chi connectivity index (χ0) is 16.6. The molecule has 0 spiro atoms. The molecule has 4 nitrogen and oxygen atoms in total. The number of hydrogen-bond acceptors (Lipinski definition) is 2. The summed E-state index contributed by atoms with van der Waals surface area (Å²) in [5.41, 5.74) is 1.60.